The fourth-order valence-corrected chi connectivity index (χ4v) is 2.47. The second-order valence-electron chi connectivity index (χ2n) is 6.64. The molecule has 1 saturated heterocycles. The van der Waals surface area contributed by atoms with Gasteiger partial charge < -0.3 is 20.6 Å². The predicted molar refractivity (Wildman–Crippen MR) is 84.3 cm³/mol. The van der Waals surface area contributed by atoms with Crippen molar-refractivity contribution in [3.8, 4) is 5.75 Å². The monoisotopic (exact) mass is 291 g/mol. The SMILES string of the molecule is CC(C)(C)[C@H](N)C(=O)N1CCN(c2ccccc2O)CC1. The van der Waals surface area contributed by atoms with Crippen LogP contribution in [0.3, 0.4) is 0 Å². The number of para-hydroxylation sites is 2. The fourth-order valence-electron chi connectivity index (χ4n) is 2.47. The highest BCUT2D eigenvalue weighted by Crippen LogP contribution is 2.27. The van der Waals surface area contributed by atoms with Crippen LogP contribution >= 0.6 is 0 Å². The normalized spacial score (nSPS) is 17.7. The highest BCUT2D eigenvalue weighted by atomic mass is 16.3. The Kier molecular flexibility index (Phi) is 4.42. The standard InChI is InChI=1S/C16H25N3O2/c1-16(2,3)14(17)15(21)19-10-8-18(9-11-19)12-6-4-5-7-13(12)20/h4-7,14,20H,8-11,17H2,1-3H3/t14-/m1/s1. The third kappa shape index (κ3) is 3.47. The van der Waals surface area contributed by atoms with Gasteiger partial charge in [-0.15, -0.1) is 0 Å². The summed E-state index contributed by atoms with van der Waals surface area (Å²) in [4.78, 5) is 16.3. The summed E-state index contributed by atoms with van der Waals surface area (Å²) in [5.41, 5.74) is 6.64. The molecule has 0 spiro atoms. The van der Waals surface area contributed by atoms with Crippen molar-refractivity contribution in [2.45, 2.75) is 26.8 Å². The van der Waals surface area contributed by atoms with Crippen molar-refractivity contribution in [3.05, 3.63) is 24.3 Å². The molecule has 3 N–H and O–H groups in total. The van der Waals surface area contributed by atoms with Crippen LogP contribution in [-0.4, -0.2) is 48.1 Å². The molecule has 0 aromatic heterocycles. The number of hydrogen-bond acceptors (Lipinski definition) is 4. The fraction of sp³-hybridized carbons (Fsp3) is 0.562. The summed E-state index contributed by atoms with van der Waals surface area (Å²) in [6.45, 7) is 8.63. The number of piperazine rings is 1. The zero-order valence-electron chi connectivity index (χ0n) is 13.0. The van der Waals surface area contributed by atoms with E-state index in [0.29, 0.717) is 26.2 Å². The average molecular weight is 291 g/mol. The molecular weight excluding hydrogens is 266 g/mol. The van der Waals surface area contributed by atoms with Crippen molar-refractivity contribution in [2.75, 3.05) is 31.1 Å². The van der Waals surface area contributed by atoms with Crippen LogP contribution in [0.15, 0.2) is 24.3 Å². The first-order valence-electron chi connectivity index (χ1n) is 7.38. The van der Waals surface area contributed by atoms with Gasteiger partial charge in [0.15, 0.2) is 0 Å². The van der Waals surface area contributed by atoms with Gasteiger partial charge in [0, 0.05) is 26.2 Å². The third-order valence-electron chi connectivity index (χ3n) is 4.01. The lowest BCUT2D eigenvalue weighted by Gasteiger charge is -2.39. The second kappa shape index (κ2) is 5.93. The van der Waals surface area contributed by atoms with Crippen LogP contribution in [0.4, 0.5) is 5.69 Å². The van der Waals surface area contributed by atoms with Gasteiger partial charge in [0.05, 0.1) is 11.7 Å². The van der Waals surface area contributed by atoms with Gasteiger partial charge in [-0.1, -0.05) is 32.9 Å². The molecule has 1 aromatic rings. The van der Waals surface area contributed by atoms with Crippen molar-refractivity contribution in [2.24, 2.45) is 11.1 Å². The number of benzene rings is 1. The lowest BCUT2D eigenvalue weighted by molar-refractivity contribution is -0.135. The number of phenols is 1. The summed E-state index contributed by atoms with van der Waals surface area (Å²) in [6.07, 6.45) is 0. The summed E-state index contributed by atoms with van der Waals surface area (Å²) in [5, 5.41) is 9.89. The molecule has 0 bridgehead atoms. The summed E-state index contributed by atoms with van der Waals surface area (Å²) in [5.74, 6) is 0.295. The van der Waals surface area contributed by atoms with Crippen molar-refractivity contribution in [3.63, 3.8) is 0 Å². The number of phenolic OH excluding ortho intramolecular Hbond substituents is 1. The molecule has 1 heterocycles. The molecule has 1 amide bonds. The number of nitrogens with zero attached hydrogens (tertiary/aromatic N) is 2. The Morgan fingerprint density at radius 3 is 2.29 bits per heavy atom. The molecule has 0 aliphatic carbocycles. The summed E-state index contributed by atoms with van der Waals surface area (Å²) in [6, 6.07) is 6.81. The van der Waals surface area contributed by atoms with Crippen LogP contribution in [0.1, 0.15) is 20.8 Å². The molecule has 0 saturated carbocycles. The molecular formula is C16H25N3O2. The Hall–Kier alpha value is -1.75. The van der Waals surface area contributed by atoms with E-state index in [9.17, 15) is 9.90 Å². The summed E-state index contributed by atoms with van der Waals surface area (Å²) in [7, 11) is 0. The number of hydrogen-bond donors (Lipinski definition) is 2. The average Bonchev–Trinajstić information content (AvgIpc) is 2.45. The first-order chi connectivity index (χ1) is 9.80. The number of aromatic hydroxyl groups is 1. The van der Waals surface area contributed by atoms with Crippen LogP contribution in [-0.2, 0) is 4.79 Å². The minimum Gasteiger partial charge on any atom is -0.506 e. The Morgan fingerprint density at radius 2 is 1.76 bits per heavy atom. The minimum absolute atomic E-state index is 0.0134. The molecule has 0 radical (unpaired) electrons. The molecule has 116 valence electrons. The van der Waals surface area contributed by atoms with E-state index in [-0.39, 0.29) is 17.1 Å². The van der Waals surface area contributed by atoms with Crippen LogP contribution in [0.2, 0.25) is 0 Å². The molecule has 5 heteroatoms. The minimum atomic E-state index is -0.478. The van der Waals surface area contributed by atoms with E-state index >= 15 is 0 Å². The summed E-state index contributed by atoms with van der Waals surface area (Å²) < 4.78 is 0. The van der Waals surface area contributed by atoms with E-state index < -0.39 is 6.04 Å². The van der Waals surface area contributed by atoms with E-state index in [1.54, 1.807) is 12.1 Å². The van der Waals surface area contributed by atoms with Gasteiger partial charge in [0.25, 0.3) is 0 Å². The number of nitrogens with two attached hydrogens (primary N) is 1. The number of amides is 1. The molecule has 1 aliphatic rings. The van der Waals surface area contributed by atoms with Gasteiger partial charge in [-0.2, -0.15) is 0 Å². The lowest BCUT2D eigenvalue weighted by atomic mass is 9.86. The predicted octanol–water partition coefficient (Wildman–Crippen LogP) is 1.41. The van der Waals surface area contributed by atoms with Gasteiger partial charge in [0.1, 0.15) is 5.75 Å². The Bertz CT molecular complexity index is 502. The van der Waals surface area contributed by atoms with Crippen LogP contribution < -0.4 is 10.6 Å². The zero-order valence-corrected chi connectivity index (χ0v) is 13.0. The first kappa shape index (κ1) is 15.6. The maximum Gasteiger partial charge on any atom is 0.240 e. The second-order valence-corrected chi connectivity index (χ2v) is 6.64. The van der Waals surface area contributed by atoms with E-state index in [2.05, 4.69) is 4.90 Å². The molecule has 21 heavy (non-hydrogen) atoms. The highest BCUT2D eigenvalue weighted by Gasteiger charge is 2.32. The molecule has 2 rings (SSSR count). The van der Waals surface area contributed by atoms with Crippen LogP contribution in [0.5, 0.6) is 5.75 Å². The van der Waals surface area contributed by atoms with E-state index in [0.717, 1.165) is 5.69 Å². The van der Waals surface area contributed by atoms with Gasteiger partial charge in [-0.3, -0.25) is 4.79 Å². The molecule has 1 atom stereocenters. The number of carbonyl (C=O) groups is 1. The summed E-state index contributed by atoms with van der Waals surface area (Å²) >= 11 is 0. The van der Waals surface area contributed by atoms with Gasteiger partial charge in [0.2, 0.25) is 5.91 Å². The number of anilines is 1. The third-order valence-corrected chi connectivity index (χ3v) is 4.01. The Labute approximate surface area is 126 Å². The van der Waals surface area contributed by atoms with Gasteiger partial charge in [-0.25, -0.2) is 0 Å². The lowest BCUT2D eigenvalue weighted by Crippen LogP contribution is -2.56. The van der Waals surface area contributed by atoms with Crippen molar-refractivity contribution in [1.29, 1.82) is 0 Å². The maximum absolute atomic E-state index is 12.4. The molecule has 1 aromatic carbocycles. The van der Waals surface area contributed by atoms with Gasteiger partial charge >= 0.3 is 0 Å². The van der Waals surface area contributed by atoms with Gasteiger partial charge in [-0.05, 0) is 17.5 Å². The number of rotatable bonds is 2. The van der Waals surface area contributed by atoms with E-state index in [4.69, 9.17) is 5.73 Å². The highest BCUT2D eigenvalue weighted by molar-refractivity contribution is 5.82. The molecule has 1 fully saturated rings. The Morgan fingerprint density at radius 1 is 1.19 bits per heavy atom. The van der Waals surface area contributed by atoms with Crippen LogP contribution in [0, 0.1) is 5.41 Å². The molecule has 0 unspecified atom stereocenters. The maximum atomic E-state index is 12.4. The van der Waals surface area contributed by atoms with Crippen molar-refractivity contribution >= 4 is 11.6 Å². The van der Waals surface area contributed by atoms with Crippen molar-refractivity contribution < 1.29 is 9.90 Å². The Balaban J connectivity index is 1.98. The van der Waals surface area contributed by atoms with E-state index in [1.807, 2.05) is 37.8 Å². The van der Waals surface area contributed by atoms with Crippen molar-refractivity contribution in [1.82, 2.24) is 4.90 Å². The quantitative estimate of drug-likeness (QED) is 0.864. The molecule has 5 nitrogen and oxygen atoms in total. The largest absolute Gasteiger partial charge is 0.506 e. The zero-order chi connectivity index (χ0) is 15.6. The van der Waals surface area contributed by atoms with E-state index in [1.165, 1.54) is 0 Å². The smallest absolute Gasteiger partial charge is 0.240 e. The molecule has 1 aliphatic heterocycles. The first-order valence-corrected chi connectivity index (χ1v) is 7.38. The topological polar surface area (TPSA) is 69.8 Å². The van der Waals surface area contributed by atoms with Crippen LogP contribution in [0.25, 0.3) is 0 Å². The number of carbonyl (C=O) groups excluding carboxylic acids is 1.